The summed E-state index contributed by atoms with van der Waals surface area (Å²) in [6.45, 7) is 4.78. The van der Waals surface area contributed by atoms with Crippen LogP contribution in [0.25, 0.3) is 0 Å². The molecule has 3 nitrogen and oxygen atoms in total. The van der Waals surface area contributed by atoms with Crippen LogP contribution in [-0.4, -0.2) is 16.1 Å². The van der Waals surface area contributed by atoms with Crippen molar-refractivity contribution in [2.24, 2.45) is 0 Å². The molecular weight excluding hydrogens is 336 g/mol. The summed E-state index contributed by atoms with van der Waals surface area (Å²) in [5.41, 5.74) is 0.878. The van der Waals surface area contributed by atoms with Crippen molar-refractivity contribution in [1.82, 2.24) is 4.98 Å². The Morgan fingerprint density at radius 2 is 1.79 bits per heavy atom. The molecule has 130 valence electrons. The Morgan fingerprint density at radius 3 is 2.29 bits per heavy atom. The number of halogens is 3. The van der Waals surface area contributed by atoms with Crippen LogP contribution in [0.4, 0.5) is 8.78 Å². The second-order valence-electron chi connectivity index (χ2n) is 5.10. The van der Waals surface area contributed by atoms with Crippen LogP contribution in [0.2, 0.25) is 5.02 Å². The molecule has 0 aliphatic rings. The predicted molar refractivity (Wildman–Crippen MR) is 90.7 cm³/mol. The lowest BCUT2D eigenvalue weighted by Crippen LogP contribution is -2.12. The Hall–Kier alpha value is -2.01. The van der Waals surface area contributed by atoms with Crippen molar-refractivity contribution in [1.29, 1.82) is 0 Å². The molecule has 2 rings (SSSR count). The van der Waals surface area contributed by atoms with Crippen LogP contribution >= 0.6 is 11.6 Å². The van der Waals surface area contributed by atoms with Crippen molar-refractivity contribution in [3.05, 3.63) is 64.4 Å². The summed E-state index contributed by atoms with van der Waals surface area (Å²) in [4.78, 5) is 14.9. The highest BCUT2D eigenvalue weighted by atomic mass is 35.5. The van der Waals surface area contributed by atoms with Gasteiger partial charge in [-0.1, -0.05) is 37.6 Å². The summed E-state index contributed by atoms with van der Waals surface area (Å²) < 4.78 is 26.9. The maximum Gasteiger partial charge on any atom is 0.304 e. The largest absolute Gasteiger partial charge is 0.481 e. The highest BCUT2D eigenvalue weighted by Gasteiger charge is 2.27. The number of nitrogens with zero attached hydrogens (tertiary/aromatic N) is 1. The van der Waals surface area contributed by atoms with E-state index in [0.29, 0.717) is 16.1 Å². The number of hydrogen-bond donors (Lipinski definition) is 1. The first kappa shape index (κ1) is 20.0. The quantitative estimate of drug-likeness (QED) is 0.772. The van der Waals surface area contributed by atoms with E-state index in [-0.39, 0.29) is 12.0 Å². The second kappa shape index (κ2) is 8.73. The molecule has 2 aromatic rings. The van der Waals surface area contributed by atoms with Gasteiger partial charge in [0.1, 0.15) is 0 Å². The van der Waals surface area contributed by atoms with Crippen LogP contribution in [0.1, 0.15) is 49.8 Å². The van der Waals surface area contributed by atoms with E-state index in [9.17, 15) is 13.6 Å². The Morgan fingerprint density at radius 1 is 1.21 bits per heavy atom. The Labute approximate surface area is 145 Å². The lowest BCUT2D eigenvalue weighted by atomic mass is 9.88. The molecule has 0 aliphatic carbocycles. The van der Waals surface area contributed by atoms with Gasteiger partial charge in [0.25, 0.3) is 5.92 Å². The number of rotatable bonds is 5. The van der Waals surface area contributed by atoms with Crippen LogP contribution in [-0.2, 0) is 10.7 Å². The third kappa shape index (κ3) is 5.57. The first-order valence-electron chi connectivity index (χ1n) is 7.58. The number of hydrogen-bond acceptors (Lipinski definition) is 2. The van der Waals surface area contributed by atoms with Gasteiger partial charge in [0.05, 0.1) is 6.42 Å². The van der Waals surface area contributed by atoms with E-state index >= 15 is 0 Å². The summed E-state index contributed by atoms with van der Waals surface area (Å²) >= 11 is 5.83. The SMILES string of the molecule is CC.CC(F)(F)c1cncc(C(CC(=O)O)c2ccc(Cl)cc2)c1. The normalized spacial score (nSPS) is 12.1. The summed E-state index contributed by atoms with van der Waals surface area (Å²) in [6, 6.07) is 7.95. The van der Waals surface area contributed by atoms with Gasteiger partial charge in [0, 0.05) is 35.8 Å². The minimum Gasteiger partial charge on any atom is -0.481 e. The van der Waals surface area contributed by atoms with Crippen molar-refractivity contribution in [2.75, 3.05) is 0 Å². The summed E-state index contributed by atoms with van der Waals surface area (Å²) in [5, 5.41) is 9.61. The van der Waals surface area contributed by atoms with Crippen molar-refractivity contribution >= 4 is 17.6 Å². The van der Waals surface area contributed by atoms with E-state index in [1.165, 1.54) is 12.3 Å². The third-order valence-corrected chi connectivity index (χ3v) is 3.57. The zero-order valence-corrected chi connectivity index (χ0v) is 14.5. The molecule has 0 bridgehead atoms. The fraction of sp³-hybridized carbons (Fsp3) is 0.333. The van der Waals surface area contributed by atoms with Gasteiger partial charge in [-0.3, -0.25) is 9.78 Å². The highest BCUT2D eigenvalue weighted by molar-refractivity contribution is 6.30. The van der Waals surface area contributed by atoms with Gasteiger partial charge in [-0.15, -0.1) is 0 Å². The molecule has 0 spiro atoms. The van der Waals surface area contributed by atoms with Gasteiger partial charge in [-0.05, 0) is 29.3 Å². The van der Waals surface area contributed by atoms with Crippen LogP contribution in [0, 0.1) is 0 Å². The number of carboxylic acid groups (broad SMARTS) is 1. The van der Waals surface area contributed by atoms with Gasteiger partial charge in [-0.2, -0.15) is 0 Å². The molecule has 0 radical (unpaired) electrons. The van der Waals surface area contributed by atoms with Gasteiger partial charge < -0.3 is 5.11 Å². The number of pyridine rings is 1. The lowest BCUT2D eigenvalue weighted by Gasteiger charge is -2.18. The zero-order valence-electron chi connectivity index (χ0n) is 13.8. The maximum atomic E-state index is 13.4. The number of alkyl halides is 2. The van der Waals surface area contributed by atoms with E-state index in [0.717, 1.165) is 13.1 Å². The molecule has 6 heteroatoms. The van der Waals surface area contributed by atoms with E-state index in [2.05, 4.69) is 4.98 Å². The van der Waals surface area contributed by atoms with E-state index in [1.54, 1.807) is 24.3 Å². The van der Waals surface area contributed by atoms with Gasteiger partial charge in [0.2, 0.25) is 0 Å². The van der Waals surface area contributed by atoms with Gasteiger partial charge in [-0.25, -0.2) is 8.78 Å². The number of aliphatic carboxylic acids is 1. The maximum absolute atomic E-state index is 13.4. The molecule has 1 aromatic carbocycles. The monoisotopic (exact) mass is 355 g/mol. The van der Waals surface area contributed by atoms with Crippen molar-refractivity contribution < 1.29 is 18.7 Å². The van der Waals surface area contributed by atoms with Crippen molar-refractivity contribution in [3.63, 3.8) is 0 Å². The minimum atomic E-state index is -3.03. The molecule has 1 aromatic heterocycles. The van der Waals surface area contributed by atoms with Crippen LogP contribution < -0.4 is 0 Å². The Kier molecular flexibility index (Phi) is 7.29. The number of aromatic nitrogens is 1. The highest BCUT2D eigenvalue weighted by Crippen LogP contribution is 2.32. The molecule has 1 N–H and O–H groups in total. The topological polar surface area (TPSA) is 50.2 Å². The average Bonchev–Trinajstić information content (AvgIpc) is 2.55. The fourth-order valence-electron chi connectivity index (χ4n) is 2.19. The molecule has 0 amide bonds. The first-order valence-corrected chi connectivity index (χ1v) is 7.95. The first-order chi connectivity index (χ1) is 11.3. The molecule has 1 atom stereocenters. The standard InChI is InChI=1S/C16H14ClF2NO2.C2H6/c1-16(18,19)12-6-11(8-20-9-12)14(7-15(21)22)10-2-4-13(17)5-3-10;1-2/h2-6,8-9,14H,7H2,1H3,(H,21,22);1-2H3. The summed E-state index contributed by atoms with van der Waals surface area (Å²) in [6.07, 6.45) is 2.28. The number of benzene rings is 1. The number of carbonyl (C=O) groups is 1. The molecule has 24 heavy (non-hydrogen) atoms. The molecule has 0 saturated carbocycles. The van der Waals surface area contributed by atoms with E-state index in [1.807, 2.05) is 13.8 Å². The molecule has 0 saturated heterocycles. The van der Waals surface area contributed by atoms with Gasteiger partial charge >= 0.3 is 5.97 Å². The smallest absolute Gasteiger partial charge is 0.304 e. The van der Waals surface area contributed by atoms with Crippen LogP contribution in [0.5, 0.6) is 0 Å². The molecule has 1 heterocycles. The van der Waals surface area contributed by atoms with E-state index < -0.39 is 17.8 Å². The third-order valence-electron chi connectivity index (χ3n) is 3.32. The Balaban J connectivity index is 0.00000139. The Bertz CT molecular complexity index is 669. The zero-order chi connectivity index (χ0) is 18.3. The predicted octanol–water partition coefficient (Wildman–Crippen LogP) is 5.48. The fourth-order valence-corrected chi connectivity index (χ4v) is 2.31. The van der Waals surface area contributed by atoms with Crippen molar-refractivity contribution in [3.8, 4) is 0 Å². The molecular formula is C18H20ClF2NO2. The molecule has 1 unspecified atom stereocenters. The lowest BCUT2D eigenvalue weighted by molar-refractivity contribution is -0.137. The van der Waals surface area contributed by atoms with Gasteiger partial charge in [0.15, 0.2) is 0 Å². The second-order valence-corrected chi connectivity index (χ2v) is 5.53. The van der Waals surface area contributed by atoms with E-state index in [4.69, 9.17) is 16.7 Å². The molecule has 0 aliphatic heterocycles. The summed E-state index contributed by atoms with van der Waals surface area (Å²) in [5.74, 6) is -4.62. The average molecular weight is 356 g/mol. The van der Waals surface area contributed by atoms with Crippen LogP contribution in [0.15, 0.2) is 42.7 Å². The molecule has 0 fully saturated rings. The van der Waals surface area contributed by atoms with Crippen molar-refractivity contribution in [2.45, 2.75) is 39.0 Å². The number of carboxylic acids is 1. The minimum absolute atomic E-state index is 0.220. The summed E-state index contributed by atoms with van der Waals surface area (Å²) in [7, 11) is 0. The van der Waals surface area contributed by atoms with Crippen LogP contribution in [0.3, 0.4) is 0 Å².